The molecule has 2 aromatic carbocycles. The molecule has 0 saturated heterocycles. The van der Waals surface area contributed by atoms with Crippen LogP contribution in [0.1, 0.15) is 30.1 Å². The quantitative estimate of drug-likeness (QED) is 0.887. The fraction of sp³-hybridized carbons (Fsp3) is 0.294. The highest BCUT2D eigenvalue weighted by atomic mass is 79.9. The van der Waals surface area contributed by atoms with Crippen LogP contribution >= 0.6 is 15.9 Å². The number of nitrogens with zero attached hydrogens (tertiary/aromatic N) is 1. The van der Waals surface area contributed by atoms with E-state index in [4.69, 9.17) is 0 Å². The Morgan fingerprint density at radius 1 is 1.15 bits per heavy atom. The van der Waals surface area contributed by atoms with Gasteiger partial charge in [-0.2, -0.15) is 0 Å². The Hall–Kier alpha value is -1.32. The molecule has 1 unspecified atom stereocenters. The average Bonchev–Trinajstić information content (AvgIpc) is 2.60. The zero-order chi connectivity index (χ0) is 13.9. The highest BCUT2D eigenvalue weighted by molar-refractivity contribution is 9.10. The van der Waals surface area contributed by atoms with E-state index in [2.05, 4.69) is 45.1 Å². The van der Waals surface area contributed by atoms with Gasteiger partial charge in [0.2, 0.25) is 0 Å². The molecule has 1 N–H and O–H groups in total. The third kappa shape index (κ3) is 2.89. The fourth-order valence-electron chi connectivity index (χ4n) is 2.83. The second kappa shape index (κ2) is 5.98. The van der Waals surface area contributed by atoms with Crippen LogP contribution < -0.4 is 4.90 Å². The summed E-state index contributed by atoms with van der Waals surface area (Å²) in [4.78, 5) is 2.37. The van der Waals surface area contributed by atoms with Crippen molar-refractivity contribution < 1.29 is 5.11 Å². The van der Waals surface area contributed by atoms with E-state index in [1.165, 1.54) is 5.56 Å². The molecule has 3 heteroatoms. The number of aliphatic hydroxyl groups is 1. The van der Waals surface area contributed by atoms with Crippen LogP contribution in [0.15, 0.2) is 53.0 Å². The molecule has 0 aromatic heterocycles. The first-order chi connectivity index (χ1) is 9.74. The van der Waals surface area contributed by atoms with Gasteiger partial charge in [-0.25, -0.2) is 0 Å². The molecule has 1 heterocycles. The van der Waals surface area contributed by atoms with Gasteiger partial charge in [-0.3, -0.25) is 0 Å². The van der Waals surface area contributed by atoms with E-state index in [0.717, 1.165) is 41.7 Å². The van der Waals surface area contributed by atoms with E-state index in [0.29, 0.717) is 0 Å². The van der Waals surface area contributed by atoms with Crippen molar-refractivity contribution in [2.24, 2.45) is 0 Å². The smallest absolute Gasteiger partial charge is 0.0810 e. The largest absolute Gasteiger partial charge is 0.388 e. The molecule has 0 saturated carbocycles. The summed E-state index contributed by atoms with van der Waals surface area (Å²) >= 11 is 3.53. The molecule has 0 fully saturated rings. The SMILES string of the molecule is OC1CCCN(Cc2cccc(Br)c2)c2ccccc21. The standard InChI is InChI=1S/C17H18BrNO/c18-14-6-3-5-13(11-14)12-19-10-4-9-17(20)15-7-1-2-8-16(15)19/h1-3,5-8,11,17,20H,4,9-10,12H2. The van der Waals surface area contributed by atoms with E-state index in [1.807, 2.05) is 24.3 Å². The predicted octanol–water partition coefficient (Wildman–Crippen LogP) is 4.28. The second-order valence-corrected chi connectivity index (χ2v) is 6.18. The molecule has 0 spiro atoms. The Morgan fingerprint density at radius 3 is 2.85 bits per heavy atom. The lowest BCUT2D eigenvalue weighted by molar-refractivity contribution is 0.168. The normalized spacial score (nSPS) is 18.5. The van der Waals surface area contributed by atoms with Crippen LogP contribution in [0.3, 0.4) is 0 Å². The number of hydrogen-bond acceptors (Lipinski definition) is 2. The van der Waals surface area contributed by atoms with Crippen LogP contribution in [-0.4, -0.2) is 11.7 Å². The van der Waals surface area contributed by atoms with Gasteiger partial charge in [-0.1, -0.05) is 46.3 Å². The van der Waals surface area contributed by atoms with E-state index in [1.54, 1.807) is 0 Å². The summed E-state index contributed by atoms with van der Waals surface area (Å²) in [6, 6.07) is 16.6. The van der Waals surface area contributed by atoms with E-state index >= 15 is 0 Å². The Kier molecular flexibility index (Phi) is 4.08. The van der Waals surface area contributed by atoms with Crippen LogP contribution in [0.4, 0.5) is 5.69 Å². The van der Waals surface area contributed by atoms with Crippen molar-refractivity contribution in [1.29, 1.82) is 0 Å². The first-order valence-electron chi connectivity index (χ1n) is 7.00. The molecule has 1 atom stereocenters. The van der Waals surface area contributed by atoms with Gasteiger partial charge < -0.3 is 10.0 Å². The summed E-state index contributed by atoms with van der Waals surface area (Å²) in [5.41, 5.74) is 3.50. The molecule has 1 aliphatic heterocycles. The van der Waals surface area contributed by atoms with Gasteiger partial charge in [0.15, 0.2) is 0 Å². The van der Waals surface area contributed by atoms with Gasteiger partial charge >= 0.3 is 0 Å². The van der Waals surface area contributed by atoms with Crippen molar-refractivity contribution in [1.82, 2.24) is 0 Å². The molecule has 0 bridgehead atoms. The van der Waals surface area contributed by atoms with Gasteiger partial charge in [0.05, 0.1) is 6.10 Å². The van der Waals surface area contributed by atoms with E-state index < -0.39 is 0 Å². The Labute approximate surface area is 128 Å². The number of halogens is 1. The molecule has 20 heavy (non-hydrogen) atoms. The van der Waals surface area contributed by atoms with Crippen molar-refractivity contribution in [2.45, 2.75) is 25.5 Å². The van der Waals surface area contributed by atoms with Crippen LogP contribution in [0, 0.1) is 0 Å². The van der Waals surface area contributed by atoms with Crippen molar-refractivity contribution >= 4 is 21.6 Å². The second-order valence-electron chi connectivity index (χ2n) is 5.27. The summed E-state index contributed by atoms with van der Waals surface area (Å²) in [7, 11) is 0. The highest BCUT2D eigenvalue weighted by Gasteiger charge is 2.20. The maximum atomic E-state index is 10.2. The lowest BCUT2D eigenvalue weighted by atomic mass is 10.0. The number of aliphatic hydroxyl groups excluding tert-OH is 1. The van der Waals surface area contributed by atoms with Crippen molar-refractivity contribution in [3.8, 4) is 0 Å². The van der Waals surface area contributed by atoms with Gasteiger partial charge in [-0.05, 0) is 36.6 Å². The van der Waals surface area contributed by atoms with Crippen LogP contribution in [0.25, 0.3) is 0 Å². The average molecular weight is 332 g/mol. The number of fused-ring (bicyclic) bond motifs is 1. The summed E-state index contributed by atoms with van der Waals surface area (Å²) in [5, 5.41) is 10.2. The van der Waals surface area contributed by atoms with E-state index in [9.17, 15) is 5.11 Å². The Balaban J connectivity index is 1.91. The monoisotopic (exact) mass is 331 g/mol. The van der Waals surface area contributed by atoms with Gasteiger partial charge in [0.1, 0.15) is 0 Å². The first-order valence-corrected chi connectivity index (χ1v) is 7.80. The van der Waals surface area contributed by atoms with Gasteiger partial charge in [0, 0.05) is 28.8 Å². The van der Waals surface area contributed by atoms with Crippen molar-refractivity contribution in [3.63, 3.8) is 0 Å². The molecule has 104 valence electrons. The van der Waals surface area contributed by atoms with E-state index in [-0.39, 0.29) is 6.10 Å². The Morgan fingerprint density at radius 2 is 2.00 bits per heavy atom. The van der Waals surface area contributed by atoms with Crippen LogP contribution in [-0.2, 0) is 6.54 Å². The molecule has 0 radical (unpaired) electrons. The number of rotatable bonds is 2. The van der Waals surface area contributed by atoms with Crippen molar-refractivity contribution in [3.05, 3.63) is 64.1 Å². The fourth-order valence-corrected chi connectivity index (χ4v) is 3.28. The minimum atomic E-state index is -0.335. The Bertz CT molecular complexity index is 599. The molecule has 3 rings (SSSR count). The number of hydrogen-bond donors (Lipinski definition) is 1. The van der Waals surface area contributed by atoms with Gasteiger partial charge in [-0.15, -0.1) is 0 Å². The zero-order valence-electron chi connectivity index (χ0n) is 11.3. The molecular formula is C17H18BrNO. The third-order valence-corrected chi connectivity index (χ3v) is 4.30. The topological polar surface area (TPSA) is 23.5 Å². The summed E-state index contributed by atoms with van der Waals surface area (Å²) in [6.07, 6.45) is 1.52. The maximum Gasteiger partial charge on any atom is 0.0810 e. The number of anilines is 1. The highest BCUT2D eigenvalue weighted by Crippen LogP contribution is 2.33. The van der Waals surface area contributed by atoms with Gasteiger partial charge in [0.25, 0.3) is 0 Å². The van der Waals surface area contributed by atoms with Crippen LogP contribution in [0.5, 0.6) is 0 Å². The third-order valence-electron chi connectivity index (χ3n) is 3.80. The minimum absolute atomic E-state index is 0.335. The number of para-hydroxylation sites is 1. The number of benzene rings is 2. The zero-order valence-corrected chi connectivity index (χ0v) is 12.9. The summed E-state index contributed by atoms with van der Waals surface area (Å²) < 4.78 is 1.11. The molecule has 2 aromatic rings. The minimum Gasteiger partial charge on any atom is -0.388 e. The predicted molar refractivity (Wildman–Crippen MR) is 85.8 cm³/mol. The molecule has 1 aliphatic rings. The maximum absolute atomic E-state index is 10.2. The van der Waals surface area contributed by atoms with Crippen LogP contribution in [0.2, 0.25) is 0 Å². The lowest BCUT2D eigenvalue weighted by Gasteiger charge is -2.25. The summed E-state index contributed by atoms with van der Waals surface area (Å²) in [6.45, 7) is 1.86. The molecule has 0 amide bonds. The first kappa shape index (κ1) is 13.7. The van der Waals surface area contributed by atoms with Crippen molar-refractivity contribution in [2.75, 3.05) is 11.4 Å². The lowest BCUT2D eigenvalue weighted by Crippen LogP contribution is -2.23. The molecule has 2 nitrogen and oxygen atoms in total. The molecular weight excluding hydrogens is 314 g/mol. The summed E-state index contributed by atoms with van der Waals surface area (Å²) in [5.74, 6) is 0. The molecule has 0 aliphatic carbocycles.